The van der Waals surface area contributed by atoms with Crippen LogP contribution < -0.4 is 5.32 Å². The fraction of sp³-hybridized carbons (Fsp3) is 0.190. The number of amides is 1. The van der Waals surface area contributed by atoms with Crippen molar-refractivity contribution >= 4 is 39.6 Å². The summed E-state index contributed by atoms with van der Waals surface area (Å²) in [5, 5.41) is 6.13. The van der Waals surface area contributed by atoms with E-state index in [0.717, 1.165) is 30.9 Å². The summed E-state index contributed by atoms with van der Waals surface area (Å²) in [7, 11) is -1.34. The van der Waals surface area contributed by atoms with Gasteiger partial charge in [-0.15, -0.1) is 4.40 Å². The molecule has 0 saturated heterocycles. The molecule has 0 bridgehead atoms. The predicted molar refractivity (Wildman–Crippen MR) is 122 cm³/mol. The average Bonchev–Trinajstić information content (AvgIpc) is 3.26. The fourth-order valence-electron chi connectivity index (χ4n) is 2.89. The largest absolute Gasteiger partial charge is 0.368 e. The lowest BCUT2D eigenvalue weighted by atomic mass is 10.1. The SMILES string of the molecule is CN(C)/C=N/S(=O)(=O)c1cc(NC(=O)Cc2ccccc2Cl)c(F)cc1-c1cnn(C(F)F)c1. The second-order valence-electron chi connectivity index (χ2n) is 7.29. The smallest absolute Gasteiger partial charge is 0.333 e. The number of halogens is 4. The van der Waals surface area contributed by atoms with Gasteiger partial charge in [0.25, 0.3) is 10.0 Å². The zero-order valence-electron chi connectivity index (χ0n) is 17.9. The number of nitrogens with one attached hydrogen (secondary N) is 1. The van der Waals surface area contributed by atoms with E-state index in [9.17, 15) is 26.4 Å². The van der Waals surface area contributed by atoms with Gasteiger partial charge in [0.1, 0.15) is 12.2 Å². The van der Waals surface area contributed by atoms with Crippen molar-refractivity contribution in [3.63, 3.8) is 0 Å². The lowest BCUT2D eigenvalue weighted by Gasteiger charge is -2.13. The molecule has 0 unspecified atom stereocenters. The molecule has 0 aliphatic heterocycles. The minimum atomic E-state index is -4.42. The van der Waals surface area contributed by atoms with Gasteiger partial charge < -0.3 is 10.2 Å². The number of sulfonamides is 1. The Kier molecular flexibility index (Phi) is 7.62. The van der Waals surface area contributed by atoms with Crippen LogP contribution in [0.5, 0.6) is 0 Å². The molecule has 0 saturated carbocycles. The first kappa shape index (κ1) is 25.2. The number of carbonyl (C=O) groups is 1. The van der Waals surface area contributed by atoms with E-state index in [4.69, 9.17) is 11.6 Å². The van der Waals surface area contributed by atoms with Gasteiger partial charge in [-0.1, -0.05) is 29.8 Å². The molecule has 1 N–H and O–H groups in total. The number of carbonyl (C=O) groups excluding carboxylic acids is 1. The van der Waals surface area contributed by atoms with Crippen LogP contribution in [0.4, 0.5) is 18.9 Å². The van der Waals surface area contributed by atoms with Crippen molar-refractivity contribution in [1.82, 2.24) is 14.7 Å². The Hall–Kier alpha value is -3.38. The Morgan fingerprint density at radius 3 is 2.62 bits per heavy atom. The van der Waals surface area contributed by atoms with Crippen LogP contribution in [0.1, 0.15) is 12.1 Å². The van der Waals surface area contributed by atoms with E-state index in [1.807, 2.05) is 0 Å². The molecule has 8 nitrogen and oxygen atoms in total. The number of rotatable bonds is 8. The highest BCUT2D eigenvalue weighted by atomic mass is 35.5. The van der Waals surface area contributed by atoms with E-state index in [2.05, 4.69) is 14.8 Å². The number of nitrogens with zero attached hydrogens (tertiary/aromatic N) is 4. The zero-order valence-corrected chi connectivity index (χ0v) is 19.5. The maximum atomic E-state index is 14.9. The molecule has 0 fully saturated rings. The van der Waals surface area contributed by atoms with Crippen LogP contribution in [0.25, 0.3) is 11.1 Å². The van der Waals surface area contributed by atoms with Gasteiger partial charge >= 0.3 is 6.55 Å². The third-order valence-electron chi connectivity index (χ3n) is 4.46. The van der Waals surface area contributed by atoms with E-state index in [0.29, 0.717) is 15.3 Å². The molecule has 2 aromatic carbocycles. The molecular formula is C21H19ClF3N5O3S. The van der Waals surface area contributed by atoms with Crippen LogP contribution in [0.2, 0.25) is 5.02 Å². The van der Waals surface area contributed by atoms with Crippen LogP contribution in [0.3, 0.4) is 0 Å². The minimum Gasteiger partial charge on any atom is -0.368 e. The van der Waals surface area contributed by atoms with Gasteiger partial charge in [0.15, 0.2) is 0 Å². The zero-order chi connectivity index (χ0) is 25.0. The molecule has 0 aliphatic rings. The summed E-state index contributed by atoms with van der Waals surface area (Å²) in [6.07, 6.45) is 2.68. The first-order valence-electron chi connectivity index (χ1n) is 9.64. The highest BCUT2D eigenvalue weighted by Crippen LogP contribution is 2.33. The normalized spacial score (nSPS) is 11.9. The Balaban J connectivity index is 2.05. The van der Waals surface area contributed by atoms with Crippen molar-refractivity contribution in [2.75, 3.05) is 19.4 Å². The third-order valence-corrected chi connectivity index (χ3v) is 6.09. The molecule has 0 spiro atoms. The topological polar surface area (TPSA) is 96.7 Å². The summed E-state index contributed by atoms with van der Waals surface area (Å²) < 4.78 is 70.5. The van der Waals surface area contributed by atoms with Crippen molar-refractivity contribution in [1.29, 1.82) is 0 Å². The number of hydrogen-bond donors (Lipinski definition) is 1. The average molecular weight is 514 g/mol. The van der Waals surface area contributed by atoms with Gasteiger partial charge in [-0.25, -0.2) is 9.07 Å². The van der Waals surface area contributed by atoms with Gasteiger partial charge in [-0.2, -0.15) is 22.3 Å². The van der Waals surface area contributed by atoms with Gasteiger partial charge in [-0.05, 0) is 23.8 Å². The van der Waals surface area contributed by atoms with E-state index in [1.165, 1.54) is 19.0 Å². The van der Waals surface area contributed by atoms with Crippen LogP contribution in [0, 0.1) is 5.82 Å². The summed E-state index contributed by atoms with van der Waals surface area (Å²) >= 11 is 6.05. The van der Waals surface area contributed by atoms with Crippen molar-refractivity contribution in [3.8, 4) is 11.1 Å². The Labute approximate surface area is 198 Å². The number of benzene rings is 2. The van der Waals surface area contributed by atoms with E-state index in [1.54, 1.807) is 24.3 Å². The van der Waals surface area contributed by atoms with Crippen molar-refractivity contribution < 1.29 is 26.4 Å². The molecule has 34 heavy (non-hydrogen) atoms. The fourth-order valence-corrected chi connectivity index (χ4v) is 4.24. The number of alkyl halides is 2. The minimum absolute atomic E-state index is 0.0771. The molecule has 180 valence electrons. The second kappa shape index (κ2) is 10.3. The van der Waals surface area contributed by atoms with E-state index >= 15 is 0 Å². The first-order valence-corrected chi connectivity index (χ1v) is 11.5. The molecule has 3 rings (SSSR count). The van der Waals surface area contributed by atoms with Gasteiger partial charge in [0.2, 0.25) is 5.91 Å². The molecule has 0 aliphatic carbocycles. The lowest BCUT2D eigenvalue weighted by molar-refractivity contribution is -0.115. The van der Waals surface area contributed by atoms with Gasteiger partial charge in [0, 0.05) is 36.4 Å². The van der Waals surface area contributed by atoms with Gasteiger partial charge in [0.05, 0.1) is 23.2 Å². The monoisotopic (exact) mass is 513 g/mol. The molecule has 0 radical (unpaired) electrons. The summed E-state index contributed by atoms with van der Waals surface area (Å²) in [6, 6.07) is 8.27. The molecule has 1 heterocycles. The first-order chi connectivity index (χ1) is 16.0. The summed E-state index contributed by atoms with van der Waals surface area (Å²) in [4.78, 5) is 13.3. The van der Waals surface area contributed by atoms with Crippen molar-refractivity contribution in [3.05, 3.63) is 65.2 Å². The Morgan fingerprint density at radius 2 is 2.00 bits per heavy atom. The highest BCUT2D eigenvalue weighted by Gasteiger charge is 2.24. The summed E-state index contributed by atoms with van der Waals surface area (Å²) in [6.45, 7) is -2.98. The maximum absolute atomic E-state index is 14.9. The Morgan fingerprint density at radius 1 is 1.29 bits per heavy atom. The highest BCUT2D eigenvalue weighted by molar-refractivity contribution is 7.90. The molecule has 0 atom stereocenters. The third kappa shape index (κ3) is 5.94. The molecule has 3 aromatic rings. The molecule has 1 aromatic heterocycles. The summed E-state index contributed by atoms with van der Waals surface area (Å²) in [5.74, 6) is -1.63. The van der Waals surface area contributed by atoms with Crippen LogP contribution in [-0.4, -0.2) is 49.4 Å². The lowest BCUT2D eigenvalue weighted by Crippen LogP contribution is -2.16. The van der Waals surface area contributed by atoms with E-state index < -0.39 is 38.9 Å². The van der Waals surface area contributed by atoms with Crippen molar-refractivity contribution in [2.24, 2.45) is 4.40 Å². The standard InChI is InChI=1S/C21H19ClF3N5O3S/c1-29(2)12-27-34(32,33)19-9-18(28-20(31)7-13-5-3-4-6-16(13)22)17(23)8-15(19)14-10-26-30(11-14)21(24)25/h3-6,8-12,21H,7H2,1-2H3,(H,28,31)/b27-12+. The van der Waals surface area contributed by atoms with Crippen molar-refractivity contribution in [2.45, 2.75) is 17.9 Å². The molecular weight excluding hydrogens is 495 g/mol. The van der Waals surface area contributed by atoms with E-state index in [-0.39, 0.29) is 17.5 Å². The second-order valence-corrected chi connectivity index (χ2v) is 9.30. The number of hydrogen-bond acceptors (Lipinski definition) is 4. The predicted octanol–water partition coefficient (Wildman–Crippen LogP) is 4.20. The molecule has 13 heteroatoms. The maximum Gasteiger partial charge on any atom is 0.333 e. The van der Waals surface area contributed by atoms with Crippen LogP contribution in [0.15, 0.2) is 58.1 Å². The summed E-state index contributed by atoms with van der Waals surface area (Å²) in [5.41, 5.74) is -0.265. The van der Waals surface area contributed by atoms with Gasteiger partial charge in [-0.3, -0.25) is 4.79 Å². The van der Waals surface area contributed by atoms with Crippen LogP contribution in [-0.2, 0) is 21.2 Å². The number of aromatic nitrogens is 2. The van der Waals surface area contributed by atoms with Crippen LogP contribution >= 0.6 is 11.6 Å². The quantitative estimate of drug-likeness (QED) is 0.360. The number of anilines is 1. The Bertz CT molecular complexity index is 1340. The molecule has 1 amide bonds.